The highest BCUT2D eigenvalue weighted by molar-refractivity contribution is 5.92. The zero-order valence-corrected chi connectivity index (χ0v) is 40.1. The molecule has 2 saturated carbocycles. The summed E-state index contributed by atoms with van der Waals surface area (Å²) in [6.45, 7) is 6.20. The standard InChI is InChI=1S/C28H36N2O5.C27H34N2O5/c1-2-20-4-6-22(7-5-20)19-35-26-11-8-21(9-12-26)10-13-27(31)33-14-3-15-34-28(32)23-16-24(29)18-25(30)17-23;1-2-19-3-5-21(6-4-19)18-34-25-10-7-20(8-11-25)9-12-26(30)32-13-14-33-27(31)22-15-23(28)17-24(29)16-22/h8-13,16-18,20,22H,2-7,14-15,19,29-30H2,1H3;7-12,15-17,19,21H,2-6,13-14,18,28-29H2,1H3. The van der Waals surface area contributed by atoms with Crippen molar-refractivity contribution in [3.63, 3.8) is 0 Å². The molecule has 6 rings (SSSR count). The van der Waals surface area contributed by atoms with Gasteiger partial charge in [-0.15, -0.1) is 0 Å². The van der Waals surface area contributed by atoms with Gasteiger partial charge in [-0.1, -0.05) is 76.6 Å². The smallest absolute Gasteiger partial charge is 0.338 e. The summed E-state index contributed by atoms with van der Waals surface area (Å²) in [6.07, 6.45) is 19.3. The highest BCUT2D eigenvalue weighted by atomic mass is 16.6. The molecule has 14 nitrogen and oxygen atoms in total. The summed E-state index contributed by atoms with van der Waals surface area (Å²) in [5.74, 6) is 2.66. The van der Waals surface area contributed by atoms with Crippen molar-refractivity contribution < 1.29 is 47.6 Å². The van der Waals surface area contributed by atoms with Crippen LogP contribution in [0.15, 0.2) is 97.1 Å². The van der Waals surface area contributed by atoms with Gasteiger partial charge in [0.1, 0.15) is 24.7 Å². The van der Waals surface area contributed by atoms with Gasteiger partial charge in [-0.3, -0.25) is 0 Å². The summed E-state index contributed by atoms with van der Waals surface area (Å²) < 4.78 is 32.4. The Kier molecular flexibility index (Phi) is 21.8. The van der Waals surface area contributed by atoms with Gasteiger partial charge in [-0.2, -0.15) is 0 Å². The summed E-state index contributed by atoms with van der Waals surface area (Å²) in [7, 11) is 0. The predicted molar refractivity (Wildman–Crippen MR) is 271 cm³/mol. The number of hydrogen-bond donors (Lipinski definition) is 4. The zero-order chi connectivity index (χ0) is 49.4. The Balaban J connectivity index is 0.000000258. The number of ether oxygens (including phenoxy) is 6. The number of nitrogens with two attached hydrogens (primary N) is 4. The van der Waals surface area contributed by atoms with Crippen molar-refractivity contribution in [1.82, 2.24) is 0 Å². The quantitative estimate of drug-likeness (QED) is 0.0200. The largest absolute Gasteiger partial charge is 0.493 e. The van der Waals surface area contributed by atoms with Crippen LogP contribution in [0.5, 0.6) is 11.5 Å². The molecular formula is C55H70N4O10. The SMILES string of the molecule is CCC1CCC(COc2ccc(C=CC(=O)OCCCOC(=O)c3cc(N)cc(N)c3)cc2)CC1.CCC1CCC(COc2ccc(C=CC(=O)OCCOC(=O)c3cc(N)cc(N)c3)cc2)CC1. The van der Waals surface area contributed by atoms with Crippen molar-refractivity contribution in [3.8, 4) is 11.5 Å². The number of anilines is 4. The Labute approximate surface area is 406 Å². The third kappa shape index (κ3) is 19.7. The van der Waals surface area contributed by atoms with Crippen LogP contribution in [0.1, 0.15) is 116 Å². The molecule has 0 aliphatic heterocycles. The van der Waals surface area contributed by atoms with Crippen molar-refractivity contribution in [3.05, 3.63) is 119 Å². The van der Waals surface area contributed by atoms with E-state index in [9.17, 15) is 19.2 Å². The van der Waals surface area contributed by atoms with Gasteiger partial charge in [-0.25, -0.2) is 19.2 Å². The number of benzene rings is 4. The molecule has 0 saturated heterocycles. The van der Waals surface area contributed by atoms with Crippen LogP contribution >= 0.6 is 0 Å². The van der Waals surface area contributed by atoms with Crippen LogP contribution in [0.25, 0.3) is 12.2 Å². The second-order valence-electron chi connectivity index (χ2n) is 17.8. The molecule has 370 valence electrons. The molecule has 0 atom stereocenters. The molecule has 2 aliphatic carbocycles. The summed E-state index contributed by atoms with van der Waals surface area (Å²) >= 11 is 0. The highest BCUT2D eigenvalue weighted by Crippen LogP contribution is 2.32. The molecule has 0 radical (unpaired) electrons. The van der Waals surface area contributed by atoms with Gasteiger partial charge in [0.25, 0.3) is 0 Å². The Morgan fingerprint density at radius 2 is 0.797 bits per heavy atom. The lowest BCUT2D eigenvalue weighted by Crippen LogP contribution is -2.19. The van der Waals surface area contributed by atoms with E-state index in [-0.39, 0.29) is 37.6 Å². The molecular weight excluding hydrogens is 877 g/mol. The molecule has 0 spiro atoms. The number of esters is 4. The molecule has 69 heavy (non-hydrogen) atoms. The molecule has 14 heteroatoms. The summed E-state index contributed by atoms with van der Waals surface area (Å²) in [5.41, 5.74) is 26.5. The molecule has 4 aromatic rings. The molecule has 0 amide bonds. The summed E-state index contributed by atoms with van der Waals surface area (Å²) in [4.78, 5) is 47.8. The van der Waals surface area contributed by atoms with Crippen molar-refractivity contribution in [2.45, 2.75) is 84.5 Å². The fourth-order valence-corrected chi connectivity index (χ4v) is 8.24. The second kappa shape index (κ2) is 28.4. The minimum absolute atomic E-state index is 0.0559. The van der Waals surface area contributed by atoms with Gasteiger partial charge < -0.3 is 51.4 Å². The second-order valence-corrected chi connectivity index (χ2v) is 17.8. The molecule has 4 aromatic carbocycles. The third-order valence-corrected chi connectivity index (χ3v) is 12.4. The average molecular weight is 947 g/mol. The van der Waals surface area contributed by atoms with Crippen LogP contribution in [-0.4, -0.2) is 63.5 Å². The lowest BCUT2D eigenvalue weighted by molar-refractivity contribution is -0.139. The first kappa shape index (κ1) is 53.0. The van der Waals surface area contributed by atoms with E-state index in [1.54, 1.807) is 24.3 Å². The molecule has 0 heterocycles. The van der Waals surface area contributed by atoms with Crippen molar-refractivity contribution in [1.29, 1.82) is 0 Å². The number of rotatable bonds is 21. The van der Waals surface area contributed by atoms with E-state index in [0.29, 0.717) is 41.0 Å². The first-order chi connectivity index (χ1) is 33.3. The minimum atomic E-state index is -0.582. The minimum Gasteiger partial charge on any atom is -0.493 e. The topological polar surface area (TPSA) is 228 Å². The van der Waals surface area contributed by atoms with Crippen LogP contribution in [0.2, 0.25) is 0 Å². The lowest BCUT2D eigenvalue weighted by atomic mass is 9.81. The van der Waals surface area contributed by atoms with Gasteiger partial charge in [0.05, 0.1) is 37.6 Å². The van der Waals surface area contributed by atoms with E-state index in [2.05, 4.69) is 13.8 Å². The van der Waals surface area contributed by atoms with Gasteiger partial charge >= 0.3 is 23.9 Å². The molecule has 0 aromatic heterocycles. The van der Waals surface area contributed by atoms with Gasteiger partial charge in [-0.05, 0) is 133 Å². The summed E-state index contributed by atoms with van der Waals surface area (Å²) in [6, 6.07) is 24.3. The Morgan fingerprint density at radius 1 is 0.464 bits per heavy atom. The van der Waals surface area contributed by atoms with Crippen LogP contribution in [0, 0.1) is 23.7 Å². The van der Waals surface area contributed by atoms with E-state index in [1.807, 2.05) is 48.5 Å². The lowest BCUT2D eigenvalue weighted by Gasteiger charge is -2.27. The number of hydrogen-bond acceptors (Lipinski definition) is 14. The summed E-state index contributed by atoms with van der Waals surface area (Å²) in [5, 5.41) is 0. The molecule has 2 aliphatic rings. The van der Waals surface area contributed by atoms with E-state index in [1.165, 1.54) is 101 Å². The van der Waals surface area contributed by atoms with E-state index in [0.717, 1.165) is 47.7 Å². The maximum absolute atomic E-state index is 12.0. The van der Waals surface area contributed by atoms with Crippen molar-refractivity contribution in [2.24, 2.45) is 23.7 Å². The van der Waals surface area contributed by atoms with E-state index in [4.69, 9.17) is 51.4 Å². The maximum atomic E-state index is 12.0. The molecule has 0 bridgehead atoms. The fraction of sp³-hybridized carbons (Fsp3) is 0.418. The third-order valence-electron chi connectivity index (χ3n) is 12.4. The zero-order valence-electron chi connectivity index (χ0n) is 40.1. The highest BCUT2D eigenvalue weighted by Gasteiger charge is 2.21. The van der Waals surface area contributed by atoms with Crippen LogP contribution in [0.3, 0.4) is 0 Å². The molecule has 8 N–H and O–H groups in total. The molecule has 0 unspecified atom stereocenters. The normalized spacial score (nSPS) is 17.8. The average Bonchev–Trinajstić information content (AvgIpc) is 3.35. The Hall–Kier alpha value is -6.96. The van der Waals surface area contributed by atoms with Crippen LogP contribution < -0.4 is 32.4 Å². The van der Waals surface area contributed by atoms with E-state index >= 15 is 0 Å². The fourth-order valence-electron chi connectivity index (χ4n) is 8.24. The van der Waals surface area contributed by atoms with Gasteiger partial charge in [0.2, 0.25) is 0 Å². The van der Waals surface area contributed by atoms with Gasteiger partial charge in [0.15, 0.2) is 0 Å². The number of carbonyl (C=O) groups is 4. The van der Waals surface area contributed by atoms with Crippen LogP contribution in [-0.2, 0) is 28.5 Å². The van der Waals surface area contributed by atoms with Crippen molar-refractivity contribution >= 4 is 58.8 Å². The van der Waals surface area contributed by atoms with E-state index < -0.39 is 23.9 Å². The van der Waals surface area contributed by atoms with Crippen molar-refractivity contribution in [2.75, 3.05) is 62.6 Å². The first-order valence-electron chi connectivity index (χ1n) is 24.2. The Morgan fingerprint density at radius 3 is 1.19 bits per heavy atom. The maximum Gasteiger partial charge on any atom is 0.338 e. The number of carbonyl (C=O) groups excluding carboxylic acids is 4. The number of nitrogen functional groups attached to an aromatic ring is 4. The molecule has 2 fully saturated rings. The predicted octanol–water partition coefficient (Wildman–Crippen LogP) is 10.1. The Bertz CT molecular complexity index is 2260. The van der Waals surface area contributed by atoms with Gasteiger partial charge in [0, 0.05) is 41.3 Å². The monoisotopic (exact) mass is 947 g/mol. The van der Waals surface area contributed by atoms with Crippen LogP contribution in [0.4, 0.5) is 22.7 Å². The first-order valence-corrected chi connectivity index (χ1v) is 24.2.